The fourth-order valence-electron chi connectivity index (χ4n) is 1.10. The van der Waals surface area contributed by atoms with Crippen molar-refractivity contribution in [1.82, 2.24) is 0 Å². The molecule has 60 valence electrons. The molecule has 0 spiro atoms. The zero-order valence-electron chi connectivity index (χ0n) is 6.41. The summed E-state index contributed by atoms with van der Waals surface area (Å²) in [6, 6.07) is 0. The molecule has 0 amide bonds. The summed E-state index contributed by atoms with van der Waals surface area (Å²) in [4.78, 5) is 0. The van der Waals surface area contributed by atoms with Gasteiger partial charge in [0.1, 0.15) is 0 Å². The van der Waals surface area contributed by atoms with Crippen LogP contribution in [0.5, 0.6) is 0 Å². The second-order valence-electron chi connectivity index (χ2n) is 2.62. The van der Waals surface area contributed by atoms with Gasteiger partial charge in [-0.2, -0.15) is 0 Å². The first-order valence-electron chi connectivity index (χ1n) is 3.81. The van der Waals surface area contributed by atoms with Gasteiger partial charge in [0.2, 0.25) is 0 Å². The summed E-state index contributed by atoms with van der Waals surface area (Å²) in [6.07, 6.45) is 7.58. The second kappa shape index (κ2) is 7.40. The molecule has 0 N–H and O–H groups in total. The van der Waals surface area contributed by atoms with Crippen molar-refractivity contribution >= 4 is 29.8 Å². The van der Waals surface area contributed by atoms with E-state index in [9.17, 15) is 0 Å². The zero-order chi connectivity index (χ0) is 8.69. The fourth-order valence-corrected chi connectivity index (χ4v) is 2.27. The van der Waals surface area contributed by atoms with E-state index in [1.165, 1.54) is 32.1 Å². The van der Waals surface area contributed by atoms with Gasteiger partial charge in [0.05, 0.1) is 0 Å². The Morgan fingerprint density at radius 2 is 1.36 bits per heavy atom. The molecule has 0 unspecified atom stereocenters. The van der Waals surface area contributed by atoms with Crippen molar-refractivity contribution in [3.05, 3.63) is 0 Å². The first kappa shape index (κ1) is 11.7. The summed E-state index contributed by atoms with van der Waals surface area (Å²) in [6.45, 7) is 0. The molecule has 1 fully saturated rings. The van der Waals surface area contributed by atoms with E-state index in [0.717, 1.165) is 3.93 Å². The first-order valence-corrected chi connectivity index (χ1v) is 5.46. The van der Waals surface area contributed by atoms with Gasteiger partial charge in [0, 0.05) is 0 Å². The number of hydrogen-bond donors (Lipinski definition) is 0. The Kier molecular flexibility index (Phi) is 7.90. The van der Waals surface area contributed by atoms with Crippen LogP contribution in [-0.4, -0.2) is 29.8 Å². The molecular weight excluding hydrogens is 250 g/mol. The van der Waals surface area contributed by atoms with Crippen LogP contribution in [0.15, 0.2) is 0 Å². The molecule has 1 aliphatic rings. The molecule has 1 saturated carbocycles. The van der Waals surface area contributed by atoms with Crippen LogP contribution in [0.25, 0.3) is 0 Å². The normalized spacial score (nSPS) is 18.6. The quantitative estimate of drug-likeness (QED) is 0.471. The van der Waals surface area contributed by atoms with Gasteiger partial charge < -0.3 is 15.1 Å². The molecule has 1 aliphatic carbocycles. The third-order valence-corrected chi connectivity index (χ3v) is 3.25. The Bertz CT molecular complexity index is 83.1. The Morgan fingerprint density at radius 3 is 1.55 bits per heavy atom. The van der Waals surface area contributed by atoms with Crippen molar-refractivity contribution in [2.75, 3.05) is 0 Å². The van der Waals surface area contributed by atoms with Crippen molar-refractivity contribution in [3.8, 4) is 0 Å². The first-order chi connectivity index (χ1) is 5.13. The average molecular weight is 261 g/mol. The summed E-state index contributed by atoms with van der Waals surface area (Å²) in [5.41, 5.74) is 0. The zero-order valence-corrected chi connectivity index (χ0v) is 9.27. The molecule has 1 rings (SSSR count). The van der Waals surface area contributed by atoms with E-state index in [2.05, 4.69) is 0 Å². The Labute approximate surface area is 81.1 Å². The van der Waals surface area contributed by atoms with Gasteiger partial charge in [-0.05, 0) is 0 Å². The molecule has 0 aromatic heterocycles. The van der Waals surface area contributed by atoms with Gasteiger partial charge in [-0.3, -0.25) is 7.32 Å². The summed E-state index contributed by atoms with van der Waals surface area (Å²) in [5.74, 6) is 0. The molecule has 0 aromatic rings. The van der Waals surface area contributed by atoms with Crippen LogP contribution in [0.2, 0.25) is 3.93 Å². The SMILES string of the molecule is [O-]B([O-])[O-].[Sn+3][CH]1CCCCC1. The number of rotatable bonds is 0. The van der Waals surface area contributed by atoms with Crippen LogP contribution in [0.3, 0.4) is 0 Å². The molecule has 0 aromatic carbocycles. The minimum absolute atomic E-state index is 1.13. The molecule has 0 aliphatic heterocycles. The molecule has 0 bridgehead atoms. The van der Waals surface area contributed by atoms with E-state index in [0.29, 0.717) is 0 Å². The van der Waals surface area contributed by atoms with Crippen molar-refractivity contribution in [2.24, 2.45) is 0 Å². The van der Waals surface area contributed by atoms with E-state index in [4.69, 9.17) is 15.1 Å². The van der Waals surface area contributed by atoms with Gasteiger partial charge >= 0.3 is 58.6 Å². The van der Waals surface area contributed by atoms with Crippen molar-refractivity contribution < 1.29 is 15.1 Å². The molecule has 3 nitrogen and oxygen atoms in total. The third kappa shape index (κ3) is 10.7. The fraction of sp³-hybridized carbons (Fsp3) is 1.00. The summed E-state index contributed by atoms with van der Waals surface area (Å²) < 4.78 is 1.13. The Hall–Kier alpha value is 0.744. The standard InChI is InChI=1S/C6H11.BO3.Sn/c1-2-4-6-5-3-1;2-1(3)4;/h1H,2-6H2;;/q;-3;+3. The van der Waals surface area contributed by atoms with Crippen LogP contribution in [0.4, 0.5) is 0 Å². The maximum absolute atomic E-state index is 8.42. The number of hydrogen-bond acceptors (Lipinski definition) is 3. The second-order valence-corrected chi connectivity index (χ2v) is 4.95. The predicted molar refractivity (Wildman–Crippen MR) is 38.3 cm³/mol. The predicted octanol–water partition coefficient (Wildman–Crippen LogP) is -2.04. The molecule has 5 heteroatoms. The molecule has 11 heavy (non-hydrogen) atoms. The van der Waals surface area contributed by atoms with Crippen LogP contribution >= 0.6 is 0 Å². The Morgan fingerprint density at radius 1 is 1.00 bits per heavy atom. The topological polar surface area (TPSA) is 69.2 Å². The maximum atomic E-state index is 8.42. The molecule has 0 atom stereocenters. The van der Waals surface area contributed by atoms with Crippen LogP contribution in [0, 0.1) is 0 Å². The summed E-state index contributed by atoms with van der Waals surface area (Å²) in [5, 5.41) is 25.2. The Balaban J connectivity index is 0.000000218. The molecule has 0 radical (unpaired) electrons. The van der Waals surface area contributed by atoms with Crippen LogP contribution in [-0.2, 0) is 0 Å². The molecule has 0 saturated heterocycles. The van der Waals surface area contributed by atoms with Gasteiger partial charge in [0.15, 0.2) is 0 Å². The van der Waals surface area contributed by atoms with Gasteiger partial charge in [-0.25, -0.2) is 0 Å². The molecule has 0 heterocycles. The van der Waals surface area contributed by atoms with Crippen molar-refractivity contribution in [1.29, 1.82) is 0 Å². The van der Waals surface area contributed by atoms with Crippen molar-refractivity contribution in [2.45, 2.75) is 36.0 Å². The van der Waals surface area contributed by atoms with Crippen LogP contribution in [0.1, 0.15) is 32.1 Å². The van der Waals surface area contributed by atoms with E-state index in [1.807, 2.05) is 0 Å². The monoisotopic (exact) mass is 262 g/mol. The van der Waals surface area contributed by atoms with Gasteiger partial charge in [0.25, 0.3) is 0 Å². The van der Waals surface area contributed by atoms with Crippen molar-refractivity contribution in [3.63, 3.8) is 0 Å². The third-order valence-electron chi connectivity index (χ3n) is 1.61. The average Bonchev–Trinajstić information content (AvgIpc) is 1.87. The van der Waals surface area contributed by atoms with Crippen LogP contribution < -0.4 is 15.1 Å². The minimum atomic E-state index is -2.92. The molecular formula is C6H11BO3Sn. The summed E-state index contributed by atoms with van der Waals surface area (Å²) in [7, 11) is -2.92. The van der Waals surface area contributed by atoms with Gasteiger partial charge in [-0.15, -0.1) is 0 Å². The van der Waals surface area contributed by atoms with Gasteiger partial charge in [-0.1, -0.05) is 0 Å². The van der Waals surface area contributed by atoms with E-state index < -0.39 is 7.32 Å². The van der Waals surface area contributed by atoms with E-state index in [-0.39, 0.29) is 0 Å². The van der Waals surface area contributed by atoms with E-state index >= 15 is 0 Å². The van der Waals surface area contributed by atoms with E-state index in [1.54, 1.807) is 22.5 Å². The summed E-state index contributed by atoms with van der Waals surface area (Å²) >= 11 is 1.77.